The fraction of sp³-hybridized carbons (Fsp3) is 0.241. The molecule has 0 atom stereocenters. The summed E-state index contributed by atoms with van der Waals surface area (Å²) in [7, 11) is 0. The Morgan fingerprint density at radius 1 is 0.919 bits per heavy atom. The van der Waals surface area contributed by atoms with E-state index in [0.717, 1.165) is 46.7 Å². The van der Waals surface area contributed by atoms with Crippen LogP contribution < -0.4 is 10.6 Å². The third-order valence-corrected chi connectivity index (χ3v) is 6.26. The molecule has 0 aliphatic heterocycles. The summed E-state index contributed by atoms with van der Waals surface area (Å²) >= 11 is 0. The Balaban J connectivity index is 1.39. The van der Waals surface area contributed by atoms with Crippen LogP contribution in [0.15, 0.2) is 67.1 Å². The SMILES string of the molecule is Cc1ncc(NC(=O)c2ccnc(C(C)C)c2)cc1-c1cccc(-c2ccnc(NC(=O)C3CC3)c2)n1. The number of aromatic nitrogens is 4. The van der Waals surface area contributed by atoms with Gasteiger partial charge in [0.15, 0.2) is 0 Å². The van der Waals surface area contributed by atoms with Crippen LogP contribution in [-0.4, -0.2) is 31.8 Å². The quantitative estimate of drug-likeness (QED) is 0.346. The van der Waals surface area contributed by atoms with Gasteiger partial charge in [-0.2, -0.15) is 0 Å². The number of aryl methyl sites for hydroxylation is 1. The number of amides is 2. The Labute approximate surface area is 215 Å². The first kappa shape index (κ1) is 24.2. The van der Waals surface area contributed by atoms with Gasteiger partial charge in [-0.3, -0.25) is 19.6 Å². The predicted octanol–water partition coefficient (Wildman–Crippen LogP) is 5.63. The molecule has 0 saturated heterocycles. The van der Waals surface area contributed by atoms with E-state index in [0.29, 0.717) is 17.1 Å². The minimum absolute atomic E-state index is 0.0131. The maximum absolute atomic E-state index is 12.9. The molecule has 1 aliphatic rings. The van der Waals surface area contributed by atoms with Crippen LogP contribution in [-0.2, 0) is 4.79 Å². The molecule has 1 fully saturated rings. The van der Waals surface area contributed by atoms with Crippen molar-refractivity contribution in [2.75, 3.05) is 10.6 Å². The lowest BCUT2D eigenvalue weighted by Gasteiger charge is -2.12. The Hall–Kier alpha value is -4.46. The van der Waals surface area contributed by atoms with E-state index in [1.54, 1.807) is 24.7 Å². The molecule has 1 saturated carbocycles. The average Bonchev–Trinajstić information content (AvgIpc) is 3.76. The number of nitrogens with zero attached hydrogens (tertiary/aromatic N) is 4. The number of nitrogens with one attached hydrogen (secondary N) is 2. The highest BCUT2D eigenvalue weighted by Gasteiger charge is 2.29. The summed E-state index contributed by atoms with van der Waals surface area (Å²) in [5.74, 6) is 0.635. The highest BCUT2D eigenvalue weighted by Crippen LogP contribution is 2.31. The molecule has 0 radical (unpaired) electrons. The van der Waals surface area contributed by atoms with Crippen molar-refractivity contribution in [3.63, 3.8) is 0 Å². The number of hydrogen-bond acceptors (Lipinski definition) is 6. The Morgan fingerprint density at radius 3 is 2.49 bits per heavy atom. The molecule has 8 nitrogen and oxygen atoms in total. The summed E-state index contributed by atoms with van der Waals surface area (Å²) in [6.45, 7) is 5.99. The fourth-order valence-electron chi connectivity index (χ4n) is 3.95. The molecule has 37 heavy (non-hydrogen) atoms. The fourth-order valence-corrected chi connectivity index (χ4v) is 3.95. The first-order valence-corrected chi connectivity index (χ1v) is 12.4. The molecule has 4 aromatic rings. The van der Waals surface area contributed by atoms with Crippen LogP contribution in [0.5, 0.6) is 0 Å². The van der Waals surface area contributed by atoms with Gasteiger partial charge in [0, 0.05) is 46.4 Å². The van der Waals surface area contributed by atoms with E-state index in [2.05, 4.69) is 25.6 Å². The van der Waals surface area contributed by atoms with Crippen molar-refractivity contribution in [2.45, 2.75) is 39.5 Å². The second kappa shape index (κ2) is 10.3. The van der Waals surface area contributed by atoms with Gasteiger partial charge >= 0.3 is 0 Å². The van der Waals surface area contributed by atoms with Crippen LogP contribution in [0, 0.1) is 12.8 Å². The minimum Gasteiger partial charge on any atom is -0.321 e. The molecule has 4 aromatic heterocycles. The lowest BCUT2D eigenvalue weighted by atomic mass is 10.1. The normalized spacial score (nSPS) is 12.9. The van der Waals surface area contributed by atoms with E-state index in [9.17, 15) is 9.59 Å². The van der Waals surface area contributed by atoms with Crippen molar-refractivity contribution in [3.05, 3.63) is 84.1 Å². The summed E-state index contributed by atoms with van der Waals surface area (Å²) in [6.07, 6.45) is 6.83. The van der Waals surface area contributed by atoms with E-state index >= 15 is 0 Å². The number of anilines is 2. The molecule has 0 bridgehead atoms. The Bertz CT molecular complexity index is 1480. The molecule has 2 N–H and O–H groups in total. The highest BCUT2D eigenvalue weighted by atomic mass is 16.2. The van der Waals surface area contributed by atoms with E-state index < -0.39 is 0 Å². The van der Waals surface area contributed by atoms with Gasteiger partial charge in [-0.1, -0.05) is 19.9 Å². The average molecular weight is 493 g/mol. The van der Waals surface area contributed by atoms with Crippen molar-refractivity contribution in [1.29, 1.82) is 0 Å². The first-order chi connectivity index (χ1) is 17.9. The molecule has 0 aromatic carbocycles. The number of pyridine rings is 4. The molecule has 0 unspecified atom stereocenters. The first-order valence-electron chi connectivity index (χ1n) is 12.4. The van der Waals surface area contributed by atoms with Gasteiger partial charge < -0.3 is 10.6 Å². The molecule has 5 rings (SSSR count). The molecular weight excluding hydrogens is 464 g/mol. The zero-order valence-electron chi connectivity index (χ0n) is 21.0. The molecule has 2 amide bonds. The summed E-state index contributed by atoms with van der Waals surface area (Å²) in [6, 6.07) is 14.8. The van der Waals surface area contributed by atoms with Crippen molar-refractivity contribution >= 4 is 23.3 Å². The maximum atomic E-state index is 12.9. The highest BCUT2D eigenvalue weighted by molar-refractivity contribution is 6.04. The lowest BCUT2D eigenvalue weighted by molar-refractivity contribution is -0.117. The number of rotatable bonds is 7. The van der Waals surface area contributed by atoms with Crippen LogP contribution in [0.25, 0.3) is 22.5 Å². The largest absolute Gasteiger partial charge is 0.321 e. The van der Waals surface area contributed by atoms with Gasteiger partial charge in [0.1, 0.15) is 5.82 Å². The molecule has 0 spiro atoms. The van der Waals surface area contributed by atoms with E-state index in [-0.39, 0.29) is 23.7 Å². The van der Waals surface area contributed by atoms with Crippen molar-refractivity contribution in [2.24, 2.45) is 5.92 Å². The second-order valence-corrected chi connectivity index (χ2v) is 9.54. The molecule has 186 valence electrons. The Kier molecular flexibility index (Phi) is 6.72. The standard InChI is InChI=1S/C29H28N6O2/c1-17(2)26-13-21(10-11-30-26)29(37)33-22-15-23(18(3)32-16-22)25-6-4-5-24(34-25)20-9-12-31-27(14-20)35-28(36)19-7-8-19/h4-6,9-17,19H,7-8H2,1-3H3,(H,33,37)(H,31,35,36). The van der Waals surface area contributed by atoms with Crippen LogP contribution >= 0.6 is 0 Å². The summed E-state index contributed by atoms with van der Waals surface area (Å²) in [5.41, 5.74) is 5.91. The monoisotopic (exact) mass is 492 g/mol. The zero-order chi connectivity index (χ0) is 25.9. The lowest BCUT2D eigenvalue weighted by Crippen LogP contribution is -2.14. The summed E-state index contributed by atoms with van der Waals surface area (Å²) < 4.78 is 0. The minimum atomic E-state index is -0.222. The third kappa shape index (κ3) is 5.69. The Morgan fingerprint density at radius 2 is 1.70 bits per heavy atom. The number of hydrogen-bond donors (Lipinski definition) is 2. The molecular formula is C29H28N6O2. The van der Waals surface area contributed by atoms with Crippen molar-refractivity contribution < 1.29 is 9.59 Å². The predicted molar refractivity (Wildman–Crippen MR) is 143 cm³/mol. The van der Waals surface area contributed by atoms with Gasteiger partial charge in [-0.25, -0.2) is 9.97 Å². The molecule has 4 heterocycles. The summed E-state index contributed by atoms with van der Waals surface area (Å²) in [4.78, 5) is 43.0. The van der Waals surface area contributed by atoms with E-state index in [1.165, 1.54) is 0 Å². The van der Waals surface area contributed by atoms with Crippen LogP contribution in [0.2, 0.25) is 0 Å². The molecule has 8 heteroatoms. The van der Waals surface area contributed by atoms with Crippen LogP contribution in [0.3, 0.4) is 0 Å². The smallest absolute Gasteiger partial charge is 0.255 e. The molecule has 1 aliphatic carbocycles. The van der Waals surface area contributed by atoms with Gasteiger partial charge in [0.25, 0.3) is 5.91 Å². The third-order valence-electron chi connectivity index (χ3n) is 6.26. The number of carbonyl (C=O) groups excluding carboxylic acids is 2. The van der Waals surface area contributed by atoms with Gasteiger partial charge in [-0.05, 0) is 68.1 Å². The zero-order valence-corrected chi connectivity index (χ0v) is 21.0. The topological polar surface area (TPSA) is 110 Å². The number of carbonyl (C=O) groups is 2. The second-order valence-electron chi connectivity index (χ2n) is 9.54. The van der Waals surface area contributed by atoms with Crippen LogP contribution in [0.1, 0.15) is 54.4 Å². The van der Waals surface area contributed by atoms with Crippen molar-refractivity contribution in [1.82, 2.24) is 19.9 Å². The van der Waals surface area contributed by atoms with Gasteiger partial charge in [-0.15, -0.1) is 0 Å². The maximum Gasteiger partial charge on any atom is 0.255 e. The summed E-state index contributed by atoms with van der Waals surface area (Å²) in [5, 5.41) is 5.83. The van der Waals surface area contributed by atoms with E-state index in [4.69, 9.17) is 4.98 Å². The van der Waals surface area contributed by atoms with Gasteiger partial charge in [0.05, 0.1) is 23.3 Å². The van der Waals surface area contributed by atoms with E-state index in [1.807, 2.05) is 63.2 Å². The van der Waals surface area contributed by atoms with Crippen molar-refractivity contribution in [3.8, 4) is 22.5 Å². The van der Waals surface area contributed by atoms with Crippen LogP contribution in [0.4, 0.5) is 11.5 Å². The van der Waals surface area contributed by atoms with Gasteiger partial charge in [0.2, 0.25) is 5.91 Å².